The van der Waals surface area contributed by atoms with E-state index in [9.17, 15) is 4.79 Å². The van der Waals surface area contributed by atoms with Crippen molar-refractivity contribution in [2.45, 2.75) is 6.29 Å². The Morgan fingerprint density at radius 2 is 1.94 bits per heavy atom. The van der Waals surface area contributed by atoms with Gasteiger partial charge in [-0.1, -0.05) is 12.1 Å². The monoisotopic (exact) mass is 273 g/mol. The Labute approximate surface area is 111 Å². The van der Waals surface area contributed by atoms with E-state index >= 15 is 0 Å². The topological polar surface area (TPSA) is 48.0 Å². The number of carbonyl (C=O) groups excluding carboxylic acids is 1. The smallest absolute Gasteiger partial charge is 0.414 e. The van der Waals surface area contributed by atoms with Crippen molar-refractivity contribution in [2.75, 3.05) is 27.1 Å². The number of nitrogens with zero attached hydrogens (tertiary/aromatic N) is 1. The summed E-state index contributed by atoms with van der Waals surface area (Å²) in [5.41, 5.74) is 0. The lowest BCUT2D eigenvalue weighted by molar-refractivity contribution is -0.0367. The molecule has 5 nitrogen and oxygen atoms in total. The number of hydrogen-bond donors (Lipinski definition) is 0. The molecule has 1 aromatic rings. The van der Waals surface area contributed by atoms with Crippen LogP contribution in [0.5, 0.6) is 11.5 Å². The van der Waals surface area contributed by atoms with E-state index in [1.54, 1.807) is 38.4 Å². The molecule has 0 aliphatic carbocycles. The average Bonchev–Trinajstić information content (AvgIpc) is 2.37. The summed E-state index contributed by atoms with van der Waals surface area (Å²) in [6, 6.07) is 6.82. The van der Waals surface area contributed by atoms with Crippen molar-refractivity contribution in [1.82, 2.24) is 4.90 Å². The van der Waals surface area contributed by atoms with E-state index in [2.05, 4.69) is 0 Å². The van der Waals surface area contributed by atoms with Crippen LogP contribution in [0.25, 0.3) is 0 Å². The number of carbonyl (C=O) groups is 1. The number of halogens is 1. The van der Waals surface area contributed by atoms with Crippen molar-refractivity contribution in [3.8, 4) is 11.5 Å². The van der Waals surface area contributed by atoms with Gasteiger partial charge in [-0.2, -0.15) is 0 Å². The average molecular weight is 274 g/mol. The van der Waals surface area contributed by atoms with E-state index in [0.717, 1.165) is 0 Å². The van der Waals surface area contributed by atoms with Crippen LogP contribution in [0.2, 0.25) is 0 Å². The van der Waals surface area contributed by atoms with E-state index in [1.807, 2.05) is 0 Å². The second kappa shape index (κ2) is 7.08. The summed E-state index contributed by atoms with van der Waals surface area (Å²) in [7, 11) is 4.69. The molecule has 1 amide bonds. The van der Waals surface area contributed by atoms with Gasteiger partial charge in [-0.25, -0.2) is 4.79 Å². The molecule has 0 aliphatic rings. The molecule has 18 heavy (non-hydrogen) atoms. The minimum atomic E-state index is -0.592. The predicted molar refractivity (Wildman–Crippen MR) is 68.3 cm³/mol. The van der Waals surface area contributed by atoms with Crippen LogP contribution in [0.1, 0.15) is 0 Å². The van der Waals surface area contributed by atoms with Crippen LogP contribution < -0.4 is 9.47 Å². The summed E-state index contributed by atoms with van der Waals surface area (Å²) < 4.78 is 15.6. The van der Waals surface area contributed by atoms with Gasteiger partial charge in [0.15, 0.2) is 11.5 Å². The molecule has 100 valence electrons. The first kappa shape index (κ1) is 14.6. The third-order valence-corrected chi connectivity index (χ3v) is 2.31. The first-order chi connectivity index (χ1) is 8.58. The molecular formula is C12H16ClNO4. The number of ether oxygens (including phenoxy) is 3. The van der Waals surface area contributed by atoms with E-state index in [-0.39, 0.29) is 5.88 Å². The summed E-state index contributed by atoms with van der Waals surface area (Å²) in [6.07, 6.45) is -1.07. The highest BCUT2D eigenvalue weighted by Gasteiger charge is 2.14. The van der Waals surface area contributed by atoms with Gasteiger partial charge in [-0.3, -0.25) is 0 Å². The summed E-state index contributed by atoms with van der Waals surface area (Å²) in [5, 5.41) is 0. The highest BCUT2D eigenvalue weighted by atomic mass is 35.5. The Hall–Kier alpha value is -1.46. The second-order valence-electron chi connectivity index (χ2n) is 3.65. The molecule has 0 aromatic heterocycles. The number of benzene rings is 1. The number of amides is 1. The molecule has 1 atom stereocenters. The van der Waals surface area contributed by atoms with Crippen LogP contribution >= 0.6 is 11.6 Å². The molecule has 0 fully saturated rings. The molecule has 0 saturated carbocycles. The summed E-state index contributed by atoms with van der Waals surface area (Å²) in [4.78, 5) is 12.8. The van der Waals surface area contributed by atoms with E-state index in [1.165, 1.54) is 12.0 Å². The molecule has 0 saturated heterocycles. The highest BCUT2D eigenvalue weighted by molar-refractivity contribution is 6.18. The van der Waals surface area contributed by atoms with Crippen LogP contribution in [0.15, 0.2) is 24.3 Å². The quantitative estimate of drug-likeness (QED) is 0.610. The maximum Gasteiger partial charge on any atom is 0.414 e. The minimum absolute atomic E-state index is 0.173. The van der Waals surface area contributed by atoms with Gasteiger partial charge in [0, 0.05) is 21.2 Å². The highest BCUT2D eigenvalue weighted by Crippen LogP contribution is 2.28. The lowest BCUT2D eigenvalue weighted by atomic mass is 10.3. The molecule has 1 unspecified atom stereocenters. The van der Waals surface area contributed by atoms with E-state index in [4.69, 9.17) is 25.8 Å². The third kappa shape index (κ3) is 4.09. The molecule has 0 radical (unpaired) electrons. The molecule has 1 aromatic carbocycles. The van der Waals surface area contributed by atoms with Gasteiger partial charge in [0.25, 0.3) is 0 Å². The summed E-state index contributed by atoms with van der Waals surface area (Å²) >= 11 is 5.66. The van der Waals surface area contributed by atoms with Gasteiger partial charge < -0.3 is 19.1 Å². The third-order valence-electron chi connectivity index (χ3n) is 2.06. The SMILES string of the molecule is COC(CCl)Oc1ccccc1OC(=O)N(C)C. The largest absolute Gasteiger partial charge is 0.460 e. The first-order valence-electron chi connectivity index (χ1n) is 5.32. The molecule has 6 heteroatoms. The van der Waals surface area contributed by atoms with Crippen molar-refractivity contribution in [1.29, 1.82) is 0 Å². The van der Waals surface area contributed by atoms with Gasteiger partial charge in [-0.05, 0) is 12.1 Å². The fourth-order valence-corrected chi connectivity index (χ4v) is 1.29. The zero-order chi connectivity index (χ0) is 13.5. The molecule has 1 rings (SSSR count). The molecule has 0 heterocycles. The molecule has 0 spiro atoms. The van der Waals surface area contributed by atoms with Crippen molar-refractivity contribution >= 4 is 17.7 Å². The first-order valence-corrected chi connectivity index (χ1v) is 5.85. The Bertz CT molecular complexity index is 393. The fourth-order valence-electron chi connectivity index (χ4n) is 1.10. The fraction of sp³-hybridized carbons (Fsp3) is 0.417. The molecular weight excluding hydrogens is 258 g/mol. The van der Waals surface area contributed by atoms with Gasteiger partial charge >= 0.3 is 6.09 Å². The molecule has 0 N–H and O–H groups in total. The van der Waals surface area contributed by atoms with Crippen molar-refractivity contribution < 1.29 is 19.0 Å². The van der Waals surface area contributed by atoms with Crippen molar-refractivity contribution in [3.05, 3.63) is 24.3 Å². The van der Waals surface area contributed by atoms with Crippen LogP contribution in [0.3, 0.4) is 0 Å². The van der Waals surface area contributed by atoms with Gasteiger partial charge in [0.05, 0.1) is 5.88 Å². The van der Waals surface area contributed by atoms with Crippen molar-refractivity contribution in [2.24, 2.45) is 0 Å². The maximum atomic E-state index is 11.5. The summed E-state index contributed by atoms with van der Waals surface area (Å²) in [6.45, 7) is 0. The zero-order valence-electron chi connectivity index (χ0n) is 10.6. The Balaban J connectivity index is 2.82. The van der Waals surface area contributed by atoms with Gasteiger partial charge in [-0.15, -0.1) is 11.6 Å². The number of methoxy groups -OCH3 is 1. The zero-order valence-corrected chi connectivity index (χ0v) is 11.3. The standard InChI is InChI=1S/C12H16ClNO4/c1-14(2)12(15)18-10-7-5-4-6-9(10)17-11(8-13)16-3/h4-7,11H,8H2,1-3H3. The maximum absolute atomic E-state index is 11.5. The number of rotatable bonds is 5. The minimum Gasteiger partial charge on any atom is -0.460 e. The molecule has 0 bridgehead atoms. The number of para-hydroxylation sites is 2. The Morgan fingerprint density at radius 1 is 1.33 bits per heavy atom. The number of alkyl halides is 1. The normalized spacial score (nSPS) is 11.8. The lowest BCUT2D eigenvalue weighted by Gasteiger charge is -2.18. The van der Waals surface area contributed by atoms with E-state index in [0.29, 0.717) is 11.5 Å². The van der Waals surface area contributed by atoms with Crippen LogP contribution in [0.4, 0.5) is 4.79 Å². The van der Waals surface area contributed by atoms with Crippen molar-refractivity contribution in [3.63, 3.8) is 0 Å². The Kier molecular flexibility index (Phi) is 5.74. The lowest BCUT2D eigenvalue weighted by Crippen LogP contribution is -2.26. The number of hydrogen-bond acceptors (Lipinski definition) is 4. The predicted octanol–water partition coefficient (Wildman–Crippen LogP) is 2.34. The summed E-state index contributed by atoms with van der Waals surface area (Å²) in [5.74, 6) is 0.899. The van der Waals surface area contributed by atoms with Crippen LogP contribution in [0, 0.1) is 0 Å². The van der Waals surface area contributed by atoms with Gasteiger partial charge in [0.1, 0.15) is 0 Å². The Morgan fingerprint density at radius 3 is 2.44 bits per heavy atom. The van der Waals surface area contributed by atoms with Gasteiger partial charge in [0.2, 0.25) is 6.29 Å². The van der Waals surface area contributed by atoms with Crippen LogP contribution in [-0.2, 0) is 4.74 Å². The second-order valence-corrected chi connectivity index (χ2v) is 3.96. The molecule has 0 aliphatic heterocycles. The van der Waals surface area contributed by atoms with Crippen LogP contribution in [-0.4, -0.2) is 44.4 Å². The van der Waals surface area contributed by atoms with E-state index < -0.39 is 12.4 Å².